The van der Waals surface area contributed by atoms with Crippen LogP contribution in [0.5, 0.6) is 0 Å². The SMILES string of the molecule is CCOC(=O)c1c(Cl)c(Cl)c(Cl)c(C#N)c1Cl. The minimum atomic E-state index is -0.752. The van der Waals surface area contributed by atoms with Crippen LogP contribution in [-0.4, -0.2) is 12.6 Å². The van der Waals surface area contributed by atoms with E-state index in [1.807, 2.05) is 0 Å². The normalized spacial score (nSPS) is 9.88. The monoisotopic (exact) mass is 311 g/mol. The van der Waals surface area contributed by atoms with Crippen molar-refractivity contribution in [2.45, 2.75) is 6.92 Å². The highest BCUT2D eigenvalue weighted by Crippen LogP contribution is 2.41. The second-order valence-electron chi connectivity index (χ2n) is 2.84. The molecule has 0 aliphatic carbocycles. The van der Waals surface area contributed by atoms with Gasteiger partial charge in [-0.15, -0.1) is 0 Å². The predicted molar refractivity (Wildman–Crippen MR) is 67.2 cm³/mol. The van der Waals surface area contributed by atoms with Gasteiger partial charge in [0.05, 0.1) is 37.8 Å². The molecule has 0 heterocycles. The number of benzene rings is 1. The van der Waals surface area contributed by atoms with Crippen molar-refractivity contribution in [3.63, 3.8) is 0 Å². The van der Waals surface area contributed by atoms with Crippen LogP contribution in [0.25, 0.3) is 0 Å². The summed E-state index contributed by atoms with van der Waals surface area (Å²) < 4.78 is 4.76. The molecule has 3 nitrogen and oxygen atoms in total. The number of nitrogens with zero attached hydrogens (tertiary/aromatic N) is 1. The lowest BCUT2D eigenvalue weighted by molar-refractivity contribution is 0.0527. The Balaban J connectivity index is 3.57. The van der Waals surface area contributed by atoms with E-state index in [0.29, 0.717) is 0 Å². The van der Waals surface area contributed by atoms with E-state index in [0.717, 1.165) is 0 Å². The van der Waals surface area contributed by atoms with Crippen molar-refractivity contribution in [2.24, 2.45) is 0 Å². The zero-order valence-corrected chi connectivity index (χ0v) is 11.5. The highest BCUT2D eigenvalue weighted by atomic mass is 35.5. The van der Waals surface area contributed by atoms with Crippen molar-refractivity contribution in [2.75, 3.05) is 6.61 Å². The lowest BCUT2D eigenvalue weighted by Gasteiger charge is -2.10. The molecule has 1 aromatic carbocycles. The first kappa shape index (κ1) is 14.4. The number of hydrogen-bond donors (Lipinski definition) is 0. The van der Waals surface area contributed by atoms with Crippen LogP contribution in [0, 0.1) is 11.3 Å². The Morgan fingerprint density at radius 1 is 1.18 bits per heavy atom. The van der Waals surface area contributed by atoms with Gasteiger partial charge in [-0.2, -0.15) is 5.26 Å². The van der Waals surface area contributed by atoms with Crippen molar-refractivity contribution < 1.29 is 9.53 Å². The standard InChI is InChI=1S/C10H5Cl4NO2/c1-2-17-10(16)5-6(11)4(3-15)7(12)9(14)8(5)13/h2H2,1H3. The van der Waals surface area contributed by atoms with E-state index in [2.05, 4.69) is 0 Å². The summed E-state index contributed by atoms with van der Waals surface area (Å²) in [5.41, 5.74) is -0.257. The van der Waals surface area contributed by atoms with Crippen LogP contribution >= 0.6 is 46.4 Å². The van der Waals surface area contributed by atoms with Crippen molar-refractivity contribution in [1.82, 2.24) is 0 Å². The fourth-order valence-corrected chi connectivity index (χ4v) is 2.25. The molecule has 1 aromatic rings. The molecule has 0 N–H and O–H groups in total. The molecule has 0 radical (unpaired) electrons. The van der Waals surface area contributed by atoms with Crippen LogP contribution in [0.15, 0.2) is 0 Å². The topological polar surface area (TPSA) is 50.1 Å². The van der Waals surface area contributed by atoms with Crippen LogP contribution in [0.3, 0.4) is 0 Å². The number of nitriles is 1. The van der Waals surface area contributed by atoms with Crippen molar-refractivity contribution >= 4 is 52.4 Å². The van der Waals surface area contributed by atoms with Gasteiger partial charge in [0, 0.05) is 0 Å². The molecule has 17 heavy (non-hydrogen) atoms. The fraction of sp³-hybridized carbons (Fsp3) is 0.200. The van der Waals surface area contributed by atoms with Gasteiger partial charge >= 0.3 is 5.97 Å². The molecular formula is C10H5Cl4NO2. The van der Waals surface area contributed by atoms with Crippen LogP contribution in [-0.2, 0) is 4.74 Å². The molecule has 0 bridgehead atoms. The van der Waals surface area contributed by atoms with Gasteiger partial charge in [0.25, 0.3) is 0 Å². The van der Waals surface area contributed by atoms with Gasteiger partial charge in [-0.25, -0.2) is 4.79 Å². The molecule has 0 saturated heterocycles. The number of rotatable bonds is 2. The quantitative estimate of drug-likeness (QED) is 0.463. The Bertz CT molecular complexity index is 522. The van der Waals surface area contributed by atoms with Gasteiger partial charge in [-0.05, 0) is 6.92 Å². The number of halogens is 4. The third-order valence-electron chi connectivity index (χ3n) is 1.85. The molecule has 7 heteroatoms. The van der Waals surface area contributed by atoms with Crippen molar-refractivity contribution in [3.8, 4) is 6.07 Å². The lowest BCUT2D eigenvalue weighted by Crippen LogP contribution is -2.08. The summed E-state index contributed by atoms with van der Waals surface area (Å²) in [5, 5.41) is 8.40. The van der Waals surface area contributed by atoms with Crippen LogP contribution in [0.4, 0.5) is 0 Å². The Morgan fingerprint density at radius 2 is 1.76 bits per heavy atom. The Labute approximate surface area is 118 Å². The van der Waals surface area contributed by atoms with Gasteiger partial charge in [-0.3, -0.25) is 0 Å². The van der Waals surface area contributed by atoms with Crippen molar-refractivity contribution in [3.05, 3.63) is 31.2 Å². The largest absolute Gasteiger partial charge is 0.462 e. The van der Waals surface area contributed by atoms with E-state index in [-0.39, 0.29) is 37.8 Å². The molecule has 0 atom stereocenters. The highest BCUT2D eigenvalue weighted by Gasteiger charge is 2.25. The third-order valence-corrected chi connectivity index (χ3v) is 3.56. The van der Waals surface area contributed by atoms with Gasteiger partial charge in [-0.1, -0.05) is 46.4 Å². The molecule has 0 amide bonds. The lowest BCUT2D eigenvalue weighted by atomic mass is 10.1. The maximum Gasteiger partial charge on any atom is 0.341 e. The summed E-state index contributed by atoms with van der Waals surface area (Å²) in [5.74, 6) is -0.752. The minimum Gasteiger partial charge on any atom is -0.462 e. The summed E-state index contributed by atoms with van der Waals surface area (Å²) in [6.07, 6.45) is 0. The minimum absolute atomic E-state index is 0.0859. The zero-order valence-electron chi connectivity index (χ0n) is 8.48. The van der Waals surface area contributed by atoms with E-state index in [9.17, 15) is 4.79 Å². The second kappa shape index (κ2) is 5.79. The fourth-order valence-electron chi connectivity index (χ4n) is 1.11. The van der Waals surface area contributed by atoms with Gasteiger partial charge < -0.3 is 4.74 Å². The van der Waals surface area contributed by atoms with Crippen LogP contribution in [0.1, 0.15) is 22.8 Å². The molecule has 0 unspecified atom stereocenters. The molecule has 1 rings (SSSR count). The van der Waals surface area contributed by atoms with Crippen molar-refractivity contribution in [1.29, 1.82) is 5.26 Å². The summed E-state index contributed by atoms with van der Waals surface area (Å²) in [6.45, 7) is 1.77. The highest BCUT2D eigenvalue weighted by molar-refractivity contribution is 6.51. The third kappa shape index (κ3) is 2.61. The molecule has 0 aromatic heterocycles. The number of carbonyl (C=O) groups excluding carboxylic acids is 1. The molecule has 0 aliphatic heterocycles. The van der Waals surface area contributed by atoms with E-state index >= 15 is 0 Å². The average molecular weight is 313 g/mol. The smallest absolute Gasteiger partial charge is 0.341 e. The number of hydrogen-bond acceptors (Lipinski definition) is 3. The maximum absolute atomic E-state index is 11.6. The van der Waals surface area contributed by atoms with Gasteiger partial charge in [0.2, 0.25) is 0 Å². The molecule has 0 fully saturated rings. The molecular weight excluding hydrogens is 308 g/mol. The zero-order chi connectivity index (χ0) is 13.2. The maximum atomic E-state index is 11.6. The first-order valence-electron chi connectivity index (χ1n) is 4.38. The molecule has 90 valence electrons. The first-order chi connectivity index (χ1) is 7.95. The summed E-state index contributed by atoms with van der Waals surface area (Å²) >= 11 is 23.3. The summed E-state index contributed by atoms with van der Waals surface area (Å²) in [4.78, 5) is 11.6. The summed E-state index contributed by atoms with van der Waals surface area (Å²) in [6, 6.07) is 1.75. The Hall–Kier alpha value is -0.660. The second-order valence-corrected chi connectivity index (χ2v) is 4.35. The van der Waals surface area contributed by atoms with Gasteiger partial charge in [0.15, 0.2) is 0 Å². The molecule has 0 aliphatic rings. The number of ether oxygens (including phenoxy) is 1. The molecule has 0 spiro atoms. The van der Waals surface area contributed by atoms with E-state index in [1.165, 1.54) is 0 Å². The number of carbonyl (C=O) groups is 1. The molecule has 0 saturated carbocycles. The van der Waals surface area contributed by atoms with E-state index in [1.54, 1.807) is 13.0 Å². The van der Waals surface area contributed by atoms with Crippen LogP contribution in [0.2, 0.25) is 20.1 Å². The van der Waals surface area contributed by atoms with E-state index < -0.39 is 5.97 Å². The predicted octanol–water partition coefficient (Wildman–Crippen LogP) is 4.35. The Kier molecular flexibility index (Phi) is 4.91. The van der Waals surface area contributed by atoms with Gasteiger partial charge in [0.1, 0.15) is 6.07 Å². The number of esters is 1. The average Bonchev–Trinajstić information content (AvgIpc) is 2.27. The Morgan fingerprint density at radius 3 is 2.24 bits per heavy atom. The first-order valence-corrected chi connectivity index (χ1v) is 5.90. The summed E-state index contributed by atoms with van der Waals surface area (Å²) in [7, 11) is 0. The van der Waals surface area contributed by atoms with E-state index in [4.69, 9.17) is 56.4 Å². The van der Waals surface area contributed by atoms with Crippen LogP contribution < -0.4 is 0 Å².